The maximum Gasteiger partial charge on any atom is 0.419 e. The molecule has 1 heterocycles. The van der Waals surface area contributed by atoms with Crippen LogP contribution in [0.2, 0.25) is 18.1 Å². The number of benzene rings is 3. The lowest BCUT2D eigenvalue weighted by Gasteiger charge is -2.36. The highest BCUT2D eigenvalue weighted by molar-refractivity contribution is 6.74. The second kappa shape index (κ2) is 7.89. The molecular weight excluding hydrogens is 402 g/mol. The fraction of sp³-hybridized carbons (Fsp3) is 0.269. The molecule has 0 aliphatic rings. The van der Waals surface area contributed by atoms with E-state index in [0.29, 0.717) is 0 Å². The van der Waals surface area contributed by atoms with Crippen molar-refractivity contribution in [2.24, 2.45) is 0 Å². The monoisotopic (exact) mass is 431 g/mol. The summed E-state index contributed by atoms with van der Waals surface area (Å²) in [6.07, 6.45) is -0.389. The van der Waals surface area contributed by atoms with E-state index in [1.807, 2.05) is 72.8 Å². The van der Waals surface area contributed by atoms with Crippen LogP contribution in [0.15, 0.2) is 72.8 Å². The molecule has 5 heteroatoms. The van der Waals surface area contributed by atoms with Crippen LogP contribution < -0.4 is 4.43 Å². The van der Waals surface area contributed by atoms with E-state index in [4.69, 9.17) is 9.16 Å². The summed E-state index contributed by atoms with van der Waals surface area (Å²) >= 11 is 0. The number of hydrogen-bond donors (Lipinski definition) is 0. The zero-order valence-corrected chi connectivity index (χ0v) is 19.8. The van der Waals surface area contributed by atoms with Gasteiger partial charge in [-0.1, -0.05) is 69.3 Å². The largest absolute Gasteiger partial charge is 0.543 e. The molecule has 0 saturated carbocycles. The van der Waals surface area contributed by atoms with Crippen LogP contribution in [0.25, 0.3) is 21.8 Å². The van der Waals surface area contributed by atoms with Crippen molar-refractivity contribution in [2.75, 3.05) is 0 Å². The Balaban J connectivity index is 1.76. The smallest absolute Gasteiger partial charge is 0.419 e. The summed E-state index contributed by atoms with van der Waals surface area (Å²) in [5.74, 6) is 0.791. The standard InChI is InChI=1S/C26H29NO3Si/c1-26(2,3)31(4,5)30-20-15-16-22-21-13-9-10-14-23(21)27(24(22)17-20)25(28)29-18-19-11-7-6-8-12-19/h6-17H,18H2,1-5H3. The van der Waals surface area contributed by atoms with E-state index < -0.39 is 8.32 Å². The van der Waals surface area contributed by atoms with Crippen molar-refractivity contribution in [1.29, 1.82) is 0 Å². The van der Waals surface area contributed by atoms with Gasteiger partial charge >= 0.3 is 6.09 Å². The van der Waals surface area contributed by atoms with E-state index in [2.05, 4.69) is 33.9 Å². The number of rotatable bonds is 4. The molecule has 4 nitrogen and oxygen atoms in total. The maximum absolute atomic E-state index is 13.2. The minimum absolute atomic E-state index is 0.0866. The Morgan fingerprint density at radius 1 is 0.871 bits per heavy atom. The molecule has 0 aliphatic heterocycles. The number of ether oxygens (including phenoxy) is 1. The van der Waals surface area contributed by atoms with Crippen LogP contribution in [0.5, 0.6) is 5.75 Å². The van der Waals surface area contributed by atoms with Crippen LogP contribution >= 0.6 is 0 Å². The molecule has 31 heavy (non-hydrogen) atoms. The molecule has 4 aromatic rings. The number of carbonyl (C=O) groups is 1. The Morgan fingerprint density at radius 2 is 1.52 bits per heavy atom. The summed E-state index contributed by atoms with van der Waals surface area (Å²) in [4.78, 5) is 13.2. The lowest BCUT2D eigenvalue weighted by molar-refractivity contribution is 0.143. The zero-order chi connectivity index (χ0) is 22.2. The van der Waals surface area contributed by atoms with Crippen molar-refractivity contribution in [3.05, 3.63) is 78.4 Å². The molecule has 0 aliphatic carbocycles. The topological polar surface area (TPSA) is 40.5 Å². The van der Waals surface area contributed by atoms with Gasteiger partial charge in [-0.05, 0) is 41.9 Å². The van der Waals surface area contributed by atoms with E-state index >= 15 is 0 Å². The van der Waals surface area contributed by atoms with Gasteiger partial charge in [0.2, 0.25) is 8.32 Å². The first kappa shape index (κ1) is 21.2. The predicted octanol–water partition coefficient (Wildman–Crippen LogP) is 7.36. The quantitative estimate of drug-likeness (QED) is 0.317. The Morgan fingerprint density at radius 3 is 2.23 bits per heavy atom. The van der Waals surface area contributed by atoms with Crippen LogP contribution in [0.4, 0.5) is 4.79 Å². The number of carbonyl (C=O) groups excluding carboxylic acids is 1. The molecule has 0 saturated heterocycles. The third kappa shape index (κ3) is 4.10. The number of para-hydroxylation sites is 1. The van der Waals surface area contributed by atoms with Gasteiger partial charge < -0.3 is 9.16 Å². The van der Waals surface area contributed by atoms with Crippen LogP contribution in [0.3, 0.4) is 0 Å². The average Bonchev–Trinajstić information content (AvgIpc) is 3.05. The number of fused-ring (bicyclic) bond motifs is 3. The van der Waals surface area contributed by atoms with Crippen molar-refractivity contribution >= 4 is 36.2 Å². The molecule has 0 spiro atoms. The normalized spacial score (nSPS) is 12.3. The molecule has 0 amide bonds. The molecule has 160 valence electrons. The number of hydrogen-bond acceptors (Lipinski definition) is 3. The van der Waals surface area contributed by atoms with E-state index in [-0.39, 0.29) is 17.7 Å². The summed E-state index contributed by atoms with van der Waals surface area (Å²) < 4.78 is 13.8. The summed E-state index contributed by atoms with van der Waals surface area (Å²) in [6.45, 7) is 11.3. The van der Waals surface area contributed by atoms with Crippen molar-refractivity contribution in [3.8, 4) is 5.75 Å². The fourth-order valence-corrected chi connectivity index (χ4v) is 4.46. The minimum atomic E-state index is -2.00. The Bertz CT molecular complexity index is 1240. The van der Waals surface area contributed by atoms with Crippen molar-refractivity contribution in [3.63, 3.8) is 0 Å². The third-order valence-electron chi connectivity index (χ3n) is 6.21. The van der Waals surface area contributed by atoms with Crippen LogP contribution in [-0.4, -0.2) is 19.0 Å². The van der Waals surface area contributed by atoms with Crippen molar-refractivity contribution < 1.29 is 14.0 Å². The van der Waals surface area contributed by atoms with Crippen molar-refractivity contribution in [2.45, 2.75) is 45.5 Å². The summed E-state index contributed by atoms with van der Waals surface area (Å²) in [5, 5.41) is 2.12. The molecule has 4 rings (SSSR count). The van der Waals surface area contributed by atoms with Crippen molar-refractivity contribution in [1.82, 2.24) is 4.57 Å². The first-order valence-electron chi connectivity index (χ1n) is 10.6. The van der Waals surface area contributed by atoms with E-state index in [9.17, 15) is 4.79 Å². The molecule has 0 N–H and O–H groups in total. The Labute approximate surface area is 184 Å². The second-order valence-electron chi connectivity index (χ2n) is 9.43. The van der Waals surface area contributed by atoms with E-state index in [0.717, 1.165) is 33.1 Å². The SMILES string of the molecule is CC(C)(C)[Si](C)(C)Oc1ccc2c3ccccc3n(C(=O)OCc3ccccc3)c2c1. The van der Waals surface area contributed by atoms with Gasteiger partial charge in [-0.25, -0.2) is 9.36 Å². The highest BCUT2D eigenvalue weighted by Gasteiger charge is 2.39. The predicted molar refractivity (Wildman–Crippen MR) is 129 cm³/mol. The molecular formula is C26H29NO3Si. The van der Waals surface area contributed by atoms with Gasteiger partial charge in [0, 0.05) is 16.8 Å². The average molecular weight is 432 g/mol. The lowest BCUT2D eigenvalue weighted by Crippen LogP contribution is -2.43. The number of aromatic nitrogens is 1. The van der Waals surface area contributed by atoms with Gasteiger partial charge in [-0.2, -0.15) is 0 Å². The van der Waals surface area contributed by atoms with Gasteiger partial charge in [-0.15, -0.1) is 0 Å². The molecule has 0 atom stereocenters. The fourth-order valence-electron chi connectivity index (χ4n) is 3.44. The molecule has 0 radical (unpaired) electrons. The second-order valence-corrected chi connectivity index (χ2v) is 14.2. The Kier molecular flexibility index (Phi) is 5.39. The summed E-state index contributed by atoms with van der Waals surface area (Å²) in [5.41, 5.74) is 2.59. The Hall–Kier alpha value is -3.05. The van der Waals surface area contributed by atoms with Gasteiger partial charge in [0.05, 0.1) is 11.0 Å². The lowest BCUT2D eigenvalue weighted by atomic mass is 10.1. The highest BCUT2D eigenvalue weighted by atomic mass is 28.4. The van der Waals surface area contributed by atoms with Gasteiger partial charge in [0.25, 0.3) is 0 Å². The van der Waals surface area contributed by atoms with Crippen LogP contribution in [0, 0.1) is 0 Å². The molecule has 3 aromatic carbocycles. The third-order valence-corrected chi connectivity index (χ3v) is 10.6. The summed E-state index contributed by atoms with van der Waals surface area (Å²) in [7, 11) is -2.00. The van der Waals surface area contributed by atoms with Crippen LogP contribution in [0.1, 0.15) is 26.3 Å². The molecule has 1 aromatic heterocycles. The van der Waals surface area contributed by atoms with Gasteiger partial charge in [0.1, 0.15) is 12.4 Å². The first-order chi connectivity index (χ1) is 14.7. The zero-order valence-electron chi connectivity index (χ0n) is 18.8. The van der Waals surface area contributed by atoms with E-state index in [1.54, 1.807) is 4.57 Å². The summed E-state index contributed by atoms with van der Waals surface area (Å²) in [6, 6.07) is 23.7. The van der Waals surface area contributed by atoms with Gasteiger partial charge in [0.15, 0.2) is 0 Å². The van der Waals surface area contributed by atoms with Gasteiger partial charge in [-0.3, -0.25) is 0 Å². The minimum Gasteiger partial charge on any atom is -0.543 e. The number of nitrogens with zero attached hydrogens (tertiary/aromatic N) is 1. The molecule has 0 unspecified atom stereocenters. The maximum atomic E-state index is 13.2. The highest BCUT2D eigenvalue weighted by Crippen LogP contribution is 2.39. The first-order valence-corrected chi connectivity index (χ1v) is 13.5. The molecule has 0 bridgehead atoms. The van der Waals surface area contributed by atoms with E-state index in [1.165, 1.54) is 0 Å². The van der Waals surface area contributed by atoms with Crippen LogP contribution in [-0.2, 0) is 11.3 Å². The molecule has 0 fully saturated rings.